The third kappa shape index (κ3) is 1.84. The summed E-state index contributed by atoms with van der Waals surface area (Å²) in [6.07, 6.45) is -4.42. The van der Waals surface area contributed by atoms with Crippen molar-refractivity contribution >= 4 is 27.5 Å². The van der Waals surface area contributed by atoms with Gasteiger partial charge in [0, 0.05) is 4.47 Å². The molecule has 0 atom stereocenters. The number of alkyl halides is 3. The van der Waals surface area contributed by atoms with Crippen LogP contribution in [0.2, 0.25) is 0 Å². The number of hydrogen-bond acceptors (Lipinski definition) is 1. The molecule has 0 saturated heterocycles. The van der Waals surface area contributed by atoms with E-state index in [1.54, 1.807) is 13.8 Å². The Morgan fingerprint density at radius 1 is 1.29 bits per heavy atom. The second kappa shape index (κ2) is 3.48. The summed E-state index contributed by atoms with van der Waals surface area (Å²) < 4.78 is 38.2. The van der Waals surface area contributed by atoms with Gasteiger partial charge in [0.1, 0.15) is 0 Å². The van der Waals surface area contributed by atoms with Gasteiger partial charge in [-0.15, -0.1) is 0 Å². The van der Waals surface area contributed by atoms with Gasteiger partial charge in [0.15, 0.2) is 0 Å². The summed E-state index contributed by atoms with van der Waals surface area (Å²) in [4.78, 5) is 11.7. The molecular formula is C11H9BrF3NO. The zero-order valence-electron chi connectivity index (χ0n) is 9.07. The maximum Gasteiger partial charge on any atom is 0.416 e. The summed E-state index contributed by atoms with van der Waals surface area (Å²) >= 11 is 3.06. The van der Waals surface area contributed by atoms with E-state index in [0.29, 0.717) is 11.3 Å². The number of hydrogen-bond donors (Lipinski definition) is 1. The van der Waals surface area contributed by atoms with Crippen molar-refractivity contribution in [2.45, 2.75) is 25.4 Å². The van der Waals surface area contributed by atoms with E-state index in [2.05, 4.69) is 21.2 Å². The highest BCUT2D eigenvalue weighted by Crippen LogP contribution is 2.44. The first-order valence-electron chi connectivity index (χ1n) is 4.86. The first-order valence-corrected chi connectivity index (χ1v) is 5.66. The van der Waals surface area contributed by atoms with E-state index >= 15 is 0 Å². The van der Waals surface area contributed by atoms with Crippen molar-refractivity contribution < 1.29 is 18.0 Å². The number of halogens is 4. The molecular weight excluding hydrogens is 299 g/mol. The molecule has 1 aromatic carbocycles. The second-order valence-corrected chi connectivity index (χ2v) is 5.31. The fourth-order valence-electron chi connectivity index (χ4n) is 1.78. The van der Waals surface area contributed by atoms with E-state index < -0.39 is 17.2 Å². The molecule has 1 aliphatic heterocycles. The first kappa shape index (κ1) is 12.4. The zero-order valence-corrected chi connectivity index (χ0v) is 10.7. The van der Waals surface area contributed by atoms with Crippen LogP contribution in [-0.4, -0.2) is 5.91 Å². The number of fused-ring (bicyclic) bond motifs is 1. The number of anilines is 1. The van der Waals surface area contributed by atoms with E-state index in [1.807, 2.05) is 0 Å². The molecule has 0 bridgehead atoms. The van der Waals surface area contributed by atoms with Crippen LogP contribution in [0.5, 0.6) is 0 Å². The molecule has 2 nitrogen and oxygen atoms in total. The van der Waals surface area contributed by atoms with Crippen molar-refractivity contribution in [1.82, 2.24) is 0 Å². The Hall–Kier alpha value is -1.04. The molecule has 0 spiro atoms. The molecule has 0 aliphatic carbocycles. The minimum atomic E-state index is -4.42. The SMILES string of the molecule is CC1(C)C(=O)Nc2c(Br)cc(C(F)(F)F)cc21. The highest BCUT2D eigenvalue weighted by atomic mass is 79.9. The zero-order chi connectivity index (χ0) is 13.0. The lowest BCUT2D eigenvalue weighted by Gasteiger charge is -2.17. The van der Waals surface area contributed by atoms with Crippen LogP contribution in [-0.2, 0) is 16.4 Å². The summed E-state index contributed by atoms with van der Waals surface area (Å²) in [6, 6.07) is 2.00. The number of nitrogens with one attached hydrogen (secondary N) is 1. The Bertz CT molecular complexity index is 508. The quantitative estimate of drug-likeness (QED) is 0.778. The molecule has 0 unspecified atom stereocenters. The van der Waals surface area contributed by atoms with Gasteiger partial charge in [0.05, 0.1) is 16.7 Å². The van der Waals surface area contributed by atoms with Crippen LogP contribution in [0, 0.1) is 0 Å². The Kier molecular flexibility index (Phi) is 2.54. The average molecular weight is 308 g/mol. The molecule has 92 valence electrons. The van der Waals surface area contributed by atoms with Gasteiger partial charge in [-0.1, -0.05) is 0 Å². The molecule has 1 heterocycles. The summed E-state index contributed by atoms with van der Waals surface area (Å²) in [5.41, 5.74) is -0.913. The van der Waals surface area contributed by atoms with Gasteiger partial charge in [-0.25, -0.2) is 0 Å². The molecule has 0 fully saturated rings. The highest BCUT2D eigenvalue weighted by molar-refractivity contribution is 9.10. The molecule has 2 rings (SSSR count). The van der Waals surface area contributed by atoms with E-state index in [9.17, 15) is 18.0 Å². The molecule has 6 heteroatoms. The van der Waals surface area contributed by atoms with Gasteiger partial charge in [-0.2, -0.15) is 13.2 Å². The van der Waals surface area contributed by atoms with E-state index in [4.69, 9.17) is 0 Å². The van der Waals surface area contributed by atoms with Crippen molar-refractivity contribution in [2.75, 3.05) is 5.32 Å². The van der Waals surface area contributed by atoms with Gasteiger partial charge in [-0.3, -0.25) is 4.79 Å². The lowest BCUT2D eigenvalue weighted by Crippen LogP contribution is -2.27. The first-order chi connectivity index (χ1) is 7.64. The van der Waals surface area contributed by atoms with Crippen molar-refractivity contribution in [3.05, 3.63) is 27.7 Å². The van der Waals surface area contributed by atoms with Crippen molar-refractivity contribution in [1.29, 1.82) is 0 Å². The van der Waals surface area contributed by atoms with Crippen LogP contribution in [0.25, 0.3) is 0 Å². The molecule has 0 aromatic heterocycles. The van der Waals surface area contributed by atoms with E-state index in [1.165, 1.54) is 0 Å². The van der Waals surface area contributed by atoms with Crippen molar-refractivity contribution in [3.63, 3.8) is 0 Å². The minimum Gasteiger partial charge on any atom is -0.324 e. The van der Waals surface area contributed by atoms with Crippen molar-refractivity contribution in [2.24, 2.45) is 0 Å². The predicted octanol–water partition coefficient (Wildman–Crippen LogP) is 3.70. The monoisotopic (exact) mass is 307 g/mol. The summed E-state index contributed by atoms with van der Waals surface area (Å²) in [5.74, 6) is -0.299. The van der Waals surface area contributed by atoms with Gasteiger partial charge in [0.2, 0.25) is 5.91 Å². The fraction of sp³-hybridized carbons (Fsp3) is 0.364. The van der Waals surface area contributed by atoms with Gasteiger partial charge in [0.25, 0.3) is 0 Å². The Morgan fingerprint density at radius 3 is 2.41 bits per heavy atom. The second-order valence-electron chi connectivity index (χ2n) is 4.46. The Balaban J connectivity index is 2.67. The Labute approximate surface area is 104 Å². The normalized spacial score (nSPS) is 17.9. The summed E-state index contributed by atoms with van der Waals surface area (Å²) in [7, 11) is 0. The summed E-state index contributed by atoms with van der Waals surface area (Å²) in [5, 5.41) is 2.58. The molecule has 1 aromatic rings. The predicted molar refractivity (Wildman–Crippen MR) is 60.8 cm³/mol. The Morgan fingerprint density at radius 2 is 1.88 bits per heavy atom. The molecule has 0 radical (unpaired) electrons. The van der Waals surface area contributed by atoms with Gasteiger partial charge >= 0.3 is 6.18 Å². The number of rotatable bonds is 0. The standard InChI is InChI=1S/C11H9BrF3NO/c1-10(2)6-3-5(11(13,14)15)4-7(12)8(6)16-9(10)17/h3-4H,1-2H3,(H,16,17). The third-order valence-electron chi connectivity index (χ3n) is 2.90. The van der Waals surface area contributed by atoms with Crippen LogP contribution in [0.3, 0.4) is 0 Å². The van der Waals surface area contributed by atoms with Crippen LogP contribution in [0.15, 0.2) is 16.6 Å². The van der Waals surface area contributed by atoms with Crippen LogP contribution < -0.4 is 5.32 Å². The maximum atomic E-state index is 12.7. The molecule has 1 amide bonds. The van der Waals surface area contributed by atoms with Crippen molar-refractivity contribution in [3.8, 4) is 0 Å². The lowest BCUT2D eigenvalue weighted by molar-refractivity contribution is -0.137. The molecule has 1 N–H and O–H groups in total. The number of amides is 1. The number of carbonyl (C=O) groups excluding carboxylic acids is 1. The molecule has 0 saturated carbocycles. The number of carbonyl (C=O) groups is 1. The molecule has 1 aliphatic rings. The van der Waals surface area contributed by atoms with Gasteiger partial charge in [-0.05, 0) is 47.5 Å². The van der Waals surface area contributed by atoms with E-state index in [0.717, 1.165) is 12.1 Å². The maximum absolute atomic E-state index is 12.7. The number of benzene rings is 1. The molecule has 17 heavy (non-hydrogen) atoms. The topological polar surface area (TPSA) is 29.1 Å². The van der Waals surface area contributed by atoms with Crippen LogP contribution in [0.1, 0.15) is 25.0 Å². The van der Waals surface area contributed by atoms with Gasteiger partial charge < -0.3 is 5.32 Å². The average Bonchev–Trinajstić information content (AvgIpc) is 2.39. The van der Waals surface area contributed by atoms with E-state index in [-0.39, 0.29) is 10.4 Å². The lowest BCUT2D eigenvalue weighted by atomic mass is 9.85. The fourth-order valence-corrected chi connectivity index (χ4v) is 2.34. The smallest absolute Gasteiger partial charge is 0.324 e. The highest BCUT2D eigenvalue weighted by Gasteiger charge is 2.42. The van der Waals surface area contributed by atoms with Crippen LogP contribution in [0.4, 0.5) is 18.9 Å². The summed E-state index contributed by atoms with van der Waals surface area (Å²) in [6.45, 7) is 3.20. The third-order valence-corrected chi connectivity index (χ3v) is 3.52. The minimum absolute atomic E-state index is 0.251. The van der Waals surface area contributed by atoms with Crippen LogP contribution >= 0.6 is 15.9 Å². The largest absolute Gasteiger partial charge is 0.416 e.